The number of rotatable bonds is 2. The zero-order valence-corrected chi connectivity index (χ0v) is 14.5. The van der Waals surface area contributed by atoms with Gasteiger partial charge in [-0.1, -0.05) is 48.0 Å². The largest absolute Gasteiger partial charge is 0.327 e. The minimum Gasteiger partial charge on any atom is -0.327 e. The number of halogens is 1. The van der Waals surface area contributed by atoms with E-state index in [0.29, 0.717) is 29.5 Å². The molecule has 0 bridgehead atoms. The van der Waals surface area contributed by atoms with Gasteiger partial charge in [-0.15, -0.1) is 0 Å². The van der Waals surface area contributed by atoms with Gasteiger partial charge in [0, 0.05) is 22.7 Å². The second kappa shape index (κ2) is 6.33. The number of aromatic nitrogens is 3. The van der Waals surface area contributed by atoms with Crippen LogP contribution in [-0.4, -0.2) is 32.1 Å². The Labute approximate surface area is 150 Å². The first-order chi connectivity index (χ1) is 12.1. The topological polar surface area (TPSA) is 51.0 Å². The Kier molecular flexibility index (Phi) is 4.01. The average molecular weight is 353 g/mol. The van der Waals surface area contributed by atoms with Crippen molar-refractivity contribution in [1.82, 2.24) is 19.7 Å². The molecule has 6 heteroatoms. The molecule has 1 amide bonds. The molecular formula is C19H17ClN4O. The predicted octanol–water partition coefficient (Wildman–Crippen LogP) is 3.82. The van der Waals surface area contributed by atoms with Crippen molar-refractivity contribution in [2.75, 3.05) is 6.54 Å². The maximum atomic E-state index is 12.9. The molecule has 1 aliphatic rings. The highest BCUT2D eigenvalue weighted by Gasteiger charge is 2.31. The van der Waals surface area contributed by atoms with Crippen LogP contribution in [0.3, 0.4) is 0 Å². The van der Waals surface area contributed by atoms with E-state index in [0.717, 1.165) is 11.4 Å². The number of nitrogens with zero attached hydrogens (tertiary/aromatic N) is 4. The maximum absolute atomic E-state index is 12.9. The molecule has 1 aliphatic heterocycles. The second-order valence-corrected chi connectivity index (χ2v) is 6.50. The fraction of sp³-hybridized carbons (Fsp3) is 0.211. The summed E-state index contributed by atoms with van der Waals surface area (Å²) in [5.41, 5.74) is 1.57. The van der Waals surface area contributed by atoms with Gasteiger partial charge >= 0.3 is 0 Å². The van der Waals surface area contributed by atoms with Gasteiger partial charge in [0.25, 0.3) is 5.91 Å². The molecule has 0 radical (unpaired) electrons. The first kappa shape index (κ1) is 15.8. The molecule has 5 nitrogen and oxygen atoms in total. The van der Waals surface area contributed by atoms with E-state index in [1.165, 1.54) is 0 Å². The smallest absolute Gasteiger partial charge is 0.254 e. The first-order valence-corrected chi connectivity index (χ1v) is 8.58. The van der Waals surface area contributed by atoms with Gasteiger partial charge in [0.05, 0.1) is 12.6 Å². The van der Waals surface area contributed by atoms with Gasteiger partial charge in [0.15, 0.2) is 5.82 Å². The van der Waals surface area contributed by atoms with E-state index in [-0.39, 0.29) is 11.9 Å². The summed E-state index contributed by atoms with van der Waals surface area (Å²) in [4.78, 5) is 19.4. The molecule has 0 fully saturated rings. The zero-order valence-electron chi connectivity index (χ0n) is 13.8. The SMILES string of the molecule is C[C@H]1c2nc(-c3ccccc3)nn2CCN1C(=O)c1cccc(Cl)c1. The van der Waals surface area contributed by atoms with Crippen molar-refractivity contribution in [1.29, 1.82) is 0 Å². The monoisotopic (exact) mass is 352 g/mol. The molecule has 0 unspecified atom stereocenters. The lowest BCUT2D eigenvalue weighted by Gasteiger charge is -2.33. The lowest BCUT2D eigenvalue weighted by Crippen LogP contribution is -2.41. The van der Waals surface area contributed by atoms with Gasteiger partial charge in [-0.3, -0.25) is 4.79 Å². The second-order valence-electron chi connectivity index (χ2n) is 6.07. The molecule has 3 aromatic rings. The van der Waals surface area contributed by atoms with Gasteiger partial charge in [0.1, 0.15) is 5.82 Å². The van der Waals surface area contributed by atoms with Crippen LogP contribution in [-0.2, 0) is 6.54 Å². The Morgan fingerprint density at radius 2 is 1.92 bits per heavy atom. The lowest BCUT2D eigenvalue weighted by molar-refractivity contribution is 0.0631. The molecule has 0 saturated heterocycles. The Bertz CT molecular complexity index is 922. The van der Waals surface area contributed by atoms with Crippen LogP contribution in [0, 0.1) is 0 Å². The van der Waals surface area contributed by atoms with Crippen LogP contribution in [0.5, 0.6) is 0 Å². The molecule has 0 N–H and O–H groups in total. The third kappa shape index (κ3) is 2.91. The number of benzene rings is 2. The van der Waals surface area contributed by atoms with E-state index in [1.54, 1.807) is 24.3 Å². The van der Waals surface area contributed by atoms with E-state index in [4.69, 9.17) is 11.6 Å². The van der Waals surface area contributed by atoms with Crippen LogP contribution in [0.2, 0.25) is 5.02 Å². The highest BCUT2D eigenvalue weighted by molar-refractivity contribution is 6.30. The van der Waals surface area contributed by atoms with E-state index in [9.17, 15) is 4.79 Å². The fourth-order valence-corrected chi connectivity index (χ4v) is 3.33. The summed E-state index contributed by atoms with van der Waals surface area (Å²) in [5, 5.41) is 5.16. The molecule has 2 aromatic carbocycles. The van der Waals surface area contributed by atoms with Crippen molar-refractivity contribution in [2.45, 2.75) is 19.5 Å². The number of fused-ring (bicyclic) bond motifs is 1. The summed E-state index contributed by atoms with van der Waals surface area (Å²) in [6.07, 6.45) is 0. The van der Waals surface area contributed by atoms with E-state index < -0.39 is 0 Å². The Morgan fingerprint density at radius 1 is 1.12 bits per heavy atom. The van der Waals surface area contributed by atoms with E-state index in [1.807, 2.05) is 46.8 Å². The van der Waals surface area contributed by atoms with Crippen LogP contribution in [0.1, 0.15) is 29.1 Å². The number of hydrogen-bond donors (Lipinski definition) is 0. The molecule has 2 heterocycles. The summed E-state index contributed by atoms with van der Waals surface area (Å²) >= 11 is 6.02. The summed E-state index contributed by atoms with van der Waals surface area (Å²) in [5.74, 6) is 1.46. The van der Waals surface area contributed by atoms with Crippen molar-refractivity contribution in [3.05, 3.63) is 71.0 Å². The van der Waals surface area contributed by atoms with Gasteiger partial charge in [-0.2, -0.15) is 5.10 Å². The highest BCUT2D eigenvalue weighted by atomic mass is 35.5. The number of hydrogen-bond acceptors (Lipinski definition) is 3. The van der Waals surface area contributed by atoms with Crippen molar-refractivity contribution >= 4 is 17.5 Å². The van der Waals surface area contributed by atoms with Crippen LogP contribution < -0.4 is 0 Å². The molecule has 1 aromatic heterocycles. The quantitative estimate of drug-likeness (QED) is 0.704. The fourth-order valence-electron chi connectivity index (χ4n) is 3.14. The first-order valence-electron chi connectivity index (χ1n) is 8.20. The highest BCUT2D eigenvalue weighted by Crippen LogP contribution is 2.28. The molecule has 0 spiro atoms. The molecule has 0 aliphatic carbocycles. The Balaban J connectivity index is 1.64. The maximum Gasteiger partial charge on any atom is 0.254 e. The predicted molar refractivity (Wildman–Crippen MR) is 96.4 cm³/mol. The van der Waals surface area contributed by atoms with Crippen LogP contribution in [0.15, 0.2) is 54.6 Å². The molecular weight excluding hydrogens is 336 g/mol. The summed E-state index contributed by atoms with van der Waals surface area (Å²) in [6.45, 7) is 3.21. The van der Waals surface area contributed by atoms with Crippen molar-refractivity contribution < 1.29 is 4.79 Å². The minimum atomic E-state index is -0.148. The number of carbonyl (C=O) groups excluding carboxylic acids is 1. The minimum absolute atomic E-state index is 0.0366. The van der Waals surface area contributed by atoms with Gasteiger partial charge < -0.3 is 4.90 Å². The van der Waals surface area contributed by atoms with Gasteiger partial charge in [-0.25, -0.2) is 9.67 Å². The summed E-state index contributed by atoms with van der Waals surface area (Å²) < 4.78 is 1.90. The Morgan fingerprint density at radius 3 is 2.68 bits per heavy atom. The van der Waals surface area contributed by atoms with Crippen molar-refractivity contribution in [2.24, 2.45) is 0 Å². The summed E-state index contributed by atoms with van der Waals surface area (Å²) in [7, 11) is 0. The third-order valence-corrected chi connectivity index (χ3v) is 4.69. The van der Waals surface area contributed by atoms with E-state index in [2.05, 4.69) is 10.1 Å². The molecule has 1 atom stereocenters. The van der Waals surface area contributed by atoms with Crippen LogP contribution in [0.4, 0.5) is 0 Å². The zero-order chi connectivity index (χ0) is 17.4. The molecule has 126 valence electrons. The number of amides is 1. The van der Waals surface area contributed by atoms with Gasteiger partial charge in [0.2, 0.25) is 0 Å². The summed E-state index contributed by atoms with van der Waals surface area (Å²) in [6, 6.07) is 16.8. The Hall–Kier alpha value is -2.66. The van der Waals surface area contributed by atoms with Crippen LogP contribution in [0.25, 0.3) is 11.4 Å². The van der Waals surface area contributed by atoms with Crippen molar-refractivity contribution in [3.8, 4) is 11.4 Å². The number of carbonyl (C=O) groups is 1. The van der Waals surface area contributed by atoms with Crippen LogP contribution >= 0.6 is 11.6 Å². The van der Waals surface area contributed by atoms with E-state index >= 15 is 0 Å². The molecule has 0 saturated carbocycles. The standard InChI is InChI=1S/C19H17ClN4O/c1-13-18-21-17(14-6-3-2-4-7-14)22-24(18)11-10-23(13)19(25)15-8-5-9-16(20)12-15/h2-9,12-13H,10-11H2,1H3/t13-/m0/s1. The average Bonchev–Trinajstić information content (AvgIpc) is 3.08. The molecule has 25 heavy (non-hydrogen) atoms. The lowest BCUT2D eigenvalue weighted by atomic mass is 10.1. The molecule has 4 rings (SSSR count). The normalized spacial score (nSPS) is 16.6. The van der Waals surface area contributed by atoms with Crippen molar-refractivity contribution in [3.63, 3.8) is 0 Å². The van der Waals surface area contributed by atoms with Gasteiger partial charge in [-0.05, 0) is 25.1 Å². The third-order valence-electron chi connectivity index (χ3n) is 4.46.